The van der Waals surface area contributed by atoms with Gasteiger partial charge in [0.2, 0.25) is 0 Å². The Kier molecular flexibility index (Phi) is 4.47. The van der Waals surface area contributed by atoms with E-state index in [1.54, 1.807) is 18.5 Å². The second kappa shape index (κ2) is 6.71. The van der Waals surface area contributed by atoms with Gasteiger partial charge in [-0.3, -0.25) is 0 Å². The third kappa shape index (κ3) is 3.23. The van der Waals surface area contributed by atoms with E-state index in [2.05, 4.69) is 43.1 Å². The Morgan fingerprint density at radius 2 is 1.88 bits per heavy atom. The van der Waals surface area contributed by atoms with Crippen molar-refractivity contribution in [1.82, 2.24) is 9.55 Å². The molecule has 122 valence electrons. The van der Waals surface area contributed by atoms with Gasteiger partial charge in [-0.2, -0.15) is 0 Å². The zero-order valence-electron chi connectivity index (χ0n) is 14.1. The van der Waals surface area contributed by atoms with E-state index in [0.717, 1.165) is 16.9 Å². The van der Waals surface area contributed by atoms with Crippen LogP contribution in [0.4, 0.5) is 0 Å². The second-order valence-electron chi connectivity index (χ2n) is 5.98. The molecular weight excluding hydrogens is 300 g/mol. The lowest BCUT2D eigenvalue weighted by molar-refractivity contribution is 0.0600. The molecule has 2 aromatic carbocycles. The molecule has 3 rings (SSSR count). The van der Waals surface area contributed by atoms with Crippen LogP contribution < -0.4 is 0 Å². The summed E-state index contributed by atoms with van der Waals surface area (Å²) < 4.78 is 6.67. The van der Waals surface area contributed by atoms with Crippen LogP contribution in [0.25, 0.3) is 16.9 Å². The van der Waals surface area contributed by atoms with E-state index >= 15 is 0 Å². The van der Waals surface area contributed by atoms with Crippen molar-refractivity contribution in [2.75, 3.05) is 7.11 Å². The van der Waals surface area contributed by atoms with E-state index < -0.39 is 0 Å². The SMILES string of the molecule is COC(=O)c1cccc(-n2cnc(-c3ccc(C(C)C)cc3)c2)c1. The first-order valence-corrected chi connectivity index (χ1v) is 7.91. The van der Waals surface area contributed by atoms with Crippen molar-refractivity contribution in [2.24, 2.45) is 0 Å². The molecule has 0 amide bonds. The van der Waals surface area contributed by atoms with E-state index in [9.17, 15) is 4.79 Å². The van der Waals surface area contributed by atoms with Gasteiger partial charge in [-0.05, 0) is 29.7 Å². The average Bonchev–Trinajstić information content (AvgIpc) is 3.11. The third-order valence-electron chi connectivity index (χ3n) is 4.02. The summed E-state index contributed by atoms with van der Waals surface area (Å²) in [5.41, 5.74) is 4.67. The molecule has 0 unspecified atom stereocenters. The van der Waals surface area contributed by atoms with Gasteiger partial charge in [0.05, 0.1) is 24.7 Å². The summed E-state index contributed by atoms with van der Waals surface area (Å²) in [5.74, 6) is 0.166. The molecule has 0 radical (unpaired) electrons. The van der Waals surface area contributed by atoms with Crippen molar-refractivity contribution in [3.8, 4) is 16.9 Å². The predicted octanol–water partition coefficient (Wildman–Crippen LogP) is 4.45. The van der Waals surface area contributed by atoms with Gasteiger partial charge in [0.25, 0.3) is 0 Å². The van der Waals surface area contributed by atoms with Gasteiger partial charge in [0.1, 0.15) is 0 Å². The van der Waals surface area contributed by atoms with Crippen molar-refractivity contribution < 1.29 is 9.53 Å². The Balaban J connectivity index is 1.89. The van der Waals surface area contributed by atoms with Gasteiger partial charge in [-0.25, -0.2) is 9.78 Å². The van der Waals surface area contributed by atoms with Gasteiger partial charge in [0, 0.05) is 17.4 Å². The Labute approximate surface area is 141 Å². The van der Waals surface area contributed by atoms with E-state index in [1.165, 1.54) is 12.7 Å². The summed E-state index contributed by atoms with van der Waals surface area (Å²) in [6.07, 6.45) is 3.71. The quantitative estimate of drug-likeness (QED) is 0.667. The van der Waals surface area contributed by atoms with Crippen LogP contribution in [0, 0.1) is 0 Å². The van der Waals surface area contributed by atoms with Gasteiger partial charge >= 0.3 is 5.97 Å². The van der Waals surface area contributed by atoms with E-state index in [1.807, 2.05) is 22.9 Å². The summed E-state index contributed by atoms with van der Waals surface area (Å²) in [5, 5.41) is 0. The monoisotopic (exact) mass is 320 g/mol. The molecule has 0 aliphatic heterocycles. The number of aromatic nitrogens is 2. The fraction of sp³-hybridized carbons (Fsp3) is 0.200. The van der Waals surface area contributed by atoms with E-state index in [0.29, 0.717) is 11.5 Å². The van der Waals surface area contributed by atoms with Crippen LogP contribution in [0.5, 0.6) is 0 Å². The maximum absolute atomic E-state index is 11.7. The average molecular weight is 320 g/mol. The number of carbonyl (C=O) groups excluding carboxylic acids is 1. The van der Waals surface area contributed by atoms with Crippen LogP contribution >= 0.6 is 0 Å². The lowest BCUT2D eigenvalue weighted by Crippen LogP contribution is -2.02. The van der Waals surface area contributed by atoms with Crippen LogP contribution in [-0.2, 0) is 4.74 Å². The minimum absolute atomic E-state index is 0.346. The zero-order valence-corrected chi connectivity index (χ0v) is 14.1. The molecule has 24 heavy (non-hydrogen) atoms. The molecule has 0 bridgehead atoms. The number of hydrogen-bond acceptors (Lipinski definition) is 3. The molecule has 4 heteroatoms. The third-order valence-corrected chi connectivity index (χ3v) is 4.02. The van der Waals surface area contributed by atoms with E-state index in [-0.39, 0.29) is 5.97 Å². The molecule has 0 saturated heterocycles. The Morgan fingerprint density at radius 3 is 2.54 bits per heavy atom. The molecule has 0 spiro atoms. The Morgan fingerprint density at radius 1 is 1.12 bits per heavy atom. The second-order valence-corrected chi connectivity index (χ2v) is 5.98. The molecule has 0 N–H and O–H groups in total. The number of imidazole rings is 1. The topological polar surface area (TPSA) is 44.1 Å². The molecule has 1 heterocycles. The summed E-state index contributed by atoms with van der Waals surface area (Å²) in [7, 11) is 1.38. The van der Waals surface area contributed by atoms with Crippen molar-refractivity contribution in [1.29, 1.82) is 0 Å². The molecule has 0 atom stereocenters. The highest BCUT2D eigenvalue weighted by Gasteiger charge is 2.08. The zero-order chi connectivity index (χ0) is 17.1. The molecule has 4 nitrogen and oxygen atoms in total. The molecular formula is C20H20N2O2. The van der Waals surface area contributed by atoms with Crippen LogP contribution in [0.15, 0.2) is 61.1 Å². The number of carbonyl (C=O) groups is 1. The maximum Gasteiger partial charge on any atom is 0.337 e. The lowest BCUT2D eigenvalue weighted by Gasteiger charge is -2.06. The number of benzene rings is 2. The summed E-state index contributed by atoms with van der Waals surface area (Å²) >= 11 is 0. The summed E-state index contributed by atoms with van der Waals surface area (Å²) in [6, 6.07) is 15.7. The van der Waals surface area contributed by atoms with Gasteiger partial charge < -0.3 is 9.30 Å². The number of ether oxygens (including phenoxy) is 1. The first-order valence-electron chi connectivity index (χ1n) is 7.91. The van der Waals surface area contributed by atoms with Crippen molar-refractivity contribution in [2.45, 2.75) is 19.8 Å². The van der Waals surface area contributed by atoms with Crippen molar-refractivity contribution in [3.05, 3.63) is 72.2 Å². The Bertz CT molecular complexity index is 848. The Hall–Kier alpha value is -2.88. The fourth-order valence-corrected chi connectivity index (χ4v) is 2.56. The van der Waals surface area contributed by atoms with Crippen LogP contribution in [0.1, 0.15) is 35.7 Å². The highest BCUT2D eigenvalue weighted by Crippen LogP contribution is 2.22. The molecule has 0 aliphatic rings. The number of hydrogen-bond donors (Lipinski definition) is 0. The molecule has 0 saturated carbocycles. The number of nitrogens with zero attached hydrogens (tertiary/aromatic N) is 2. The number of rotatable bonds is 4. The van der Waals surface area contributed by atoms with Crippen LogP contribution in [0.2, 0.25) is 0 Å². The van der Waals surface area contributed by atoms with Crippen LogP contribution in [-0.4, -0.2) is 22.6 Å². The van der Waals surface area contributed by atoms with Gasteiger partial charge in [0.15, 0.2) is 0 Å². The van der Waals surface area contributed by atoms with Gasteiger partial charge in [-0.1, -0.05) is 44.2 Å². The first kappa shape index (κ1) is 16.0. The first-order chi connectivity index (χ1) is 11.6. The standard InChI is InChI=1S/C20H20N2O2/c1-14(2)15-7-9-16(10-8-15)19-12-22(13-21-19)18-6-4-5-17(11-18)20(23)24-3/h4-14H,1-3H3. The highest BCUT2D eigenvalue weighted by atomic mass is 16.5. The smallest absolute Gasteiger partial charge is 0.337 e. The van der Waals surface area contributed by atoms with Crippen molar-refractivity contribution >= 4 is 5.97 Å². The fourth-order valence-electron chi connectivity index (χ4n) is 2.56. The number of esters is 1. The lowest BCUT2D eigenvalue weighted by atomic mass is 10.0. The predicted molar refractivity (Wildman–Crippen MR) is 94.4 cm³/mol. The highest BCUT2D eigenvalue weighted by molar-refractivity contribution is 5.89. The molecule has 0 aliphatic carbocycles. The van der Waals surface area contributed by atoms with E-state index in [4.69, 9.17) is 4.74 Å². The maximum atomic E-state index is 11.7. The molecule has 1 aromatic heterocycles. The van der Waals surface area contributed by atoms with Crippen molar-refractivity contribution in [3.63, 3.8) is 0 Å². The number of methoxy groups -OCH3 is 1. The minimum Gasteiger partial charge on any atom is -0.465 e. The summed E-state index contributed by atoms with van der Waals surface area (Å²) in [6.45, 7) is 4.36. The summed E-state index contributed by atoms with van der Waals surface area (Å²) in [4.78, 5) is 16.1. The van der Waals surface area contributed by atoms with Crippen LogP contribution in [0.3, 0.4) is 0 Å². The largest absolute Gasteiger partial charge is 0.465 e. The minimum atomic E-state index is -0.346. The normalized spacial score (nSPS) is 10.8. The molecule has 0 fully saturated rings. The molecule has 3 aromatic rings. The van der Waals surface area contributed by atoms with Gasteiger partial charge in [-0.15, -0.1) is 0 Å².